The first-order chi connectivity index (χ1) is 9.93. The molecule has 21 heavy (non-hydrogen) atoms. The quantitative estimate of drug-likeness (QED) is 0.889. The number of hydrogen-bond acceptors (Lipinski definition) is 5. The Morgan fingerprint density at radius 1 is 1.43 bits per heavy atom. The third-order valence-electron chi connectivity index (χ3n) is 3.54. The first-order valence-electron chi connectivity index (χ1n) is 6.93. The lowest BCUT2D eigenvalue weighted by Crippen LogP contribution is -2.21. The molecule has 0 saturated heterocycles. The van der Waals surface area contributed by atoms with E-state index in [0.717, 1.165) is 17.1 Å². The van der Waals surface area contributed by atoms with Crippen LogP contribution in [0.2, 0.25) is 0 Å². The minimum Gasteiger partial charge on any atom is -0.493 e. The molecule has 2 aromatic heterocycles. The highest BCUT2D eigenvalue weighted by Gasteiger charge is 2.23. The van der Waals surface area contributed by atoms with E-state index in [-0.39, 0.29) is 0 Å². The average molecular weight is 309 g/mol. The van der Waals surface area contributed by atoms with Crippen molar-refractivity contribution in [1.29, 1.82) is 0 Å². The molecule has 0 saturated carbocycles. The van der Waals surface area contributed by atoms with Crippen LogP contribution in [0.3, 0.4) is 0 Å². The van der Waals surface area contributed by atoms with Crippen molar-refractivity contribution in [1.82, 2.24) is 14.7 Å². The topological polar surface area (TPSA) is 50.5 Å². The third-order valence-corrected chi connectivity index (χ3v) is 4.74. The molecule has 0 bridgehead atoms. The predicted octanol–water partition coefficient (Wildman–Crippen LogP) is 2.21. The molecule has 1 N–H and O–H groups in total. The van der Waals surface area contributed by atoms with Crippen LogP contribution in [0.4, 0.5) is 0 Å². The van der Waals surface area contributed by atoms with E-state index in [1.165, 1.54) is 10.4 Å². The number of aliphatic hydroxyl groups is 1. The van der Waals surface area contributed by atoms with Gasteiger partial charge in [-0.25, -0.2) is 0 Å². The van der Waals surface area contributed by atoms with E-state index in [2.05, 4.69) is 23.8 Å². The molecule has 1 atom stereocenters. The first-order valence-corrected chi connectivity index (χ1v) is 7.75. The smallest absolute Gasteiger partial charge is 0.163 e. The molecular formula is C15H23N3O2S. The Bertz CT molecular complexity index is 585. The fourth-order valence-corrected chi connectivity index (χ4v) is 3.19. The van der Waals surface area contributed by atoms with Crippen molar-refractivity contribution in [3.05, 3.63) is 33.3 Å². The molecule has 0 aliphatic carbocycles. The molecule has 0 aliphatic heterocycles. The van der Waals surface area contributed by atoms with Gasteiger partial charge in [-0.05, 0) is 39.6 Å². The summed E-state index contributed by atoms with van der Waals surface area (Å²) in [6.07, 6.45) is 0.962. The van der Waals surface area contributed by atoms with E-state index in [4.69, 9.17) is 4.74 Å². The standard InChI is InChI=1S/C15H23N3O2S/c1-10-8-13(21-11(10)2)15(19)14-12(20-5)9-16-18(14)7-6-17(3)4/h8-9,15,19H,6-7H2,1-5H3. The molecule has 1 unspecified atom stereocenters. The van der Waals surface area contributed by atoms with Crippen LogP contribution >= 0.6 is 11.3 Å². The maximum atomic E-state index is 10.7. The fraction of sp³-hybridized carbons (Fsp3) is 0.533. The van der Waals surface area contributed by atoms with Crippen molar-refractivity contribution in [2.45, 2.75) is 26.5 Å². The molecule has 0 fully saturated rings. The van der Waals surface area contributed by atoms with Crippen LogP contribution in [0, 0.1) is 13.8 Å². The van der Waals surface area contributed by atoms with E-state index in [1.807, 2.05) is 24.8 Å². The van der Waals surface area contributed by atoms with Crippen molar-refractivity contribution >= 4 is 11.3 Å². The first kappa shape index (κ1) is 16.0. The Kier molecular flexibility index (Phi) is 5.03. The number of rotatable bonds is 6. The van der Waals surface area contributed by atoms with Gasteiger partial charge in [0.05, 0.1) is 19.9 Å². The highest BCUT2D eigenvalue weighted by molar-refractivity contribution is 7.12. The van der Waals surface area contributed by atoms with Gasteiger partial charge in [-0.15, -0.1) is 11.3 Å². The Morgan fingerprint density at radius 2 is 2.14 bits per heavy atom. The van der Waals surface area contributed by atoms with E-state index in [0.29, 0.717) is 12.3 Å². The van der Waals surface area contributed by atoms with Crippen molar-refractivity contribution in [3.63, 3.8) is 0 Å². The SMILES string of the molecule is COc1cnn(CCN(C)C)c1C(O)c1cc(C)c(C)s1. The molecular weight excluding hydrogens is 286 g/mol. The molecule has 0 radical (unpaired) electrons. The van der Waals surface area contributed by atoms with Crippen LogP contribution in [0.1, 0.15) is 27.1 Å². The van der Waals surface area contributed by atoms with Gasteiger partial charge >= 0.3 is 0 Å². The van der Waals surface area contributed by atoms with Gasteiger partial charge in [-0.2, -0.15) is 5.10 Å². The van der Waals surface area contributed by atoms with E-state index >= 15 is 0 Å². The molecule has 5 nitrogen and oxygen atoms in total. The molecule has 2 heterocycles. The van der Waals surface area contributed by atoms with Gasteiger partial charge in [-0.1, -0.05) is 0 Å². The normalized spacial score (nSPS) is 12.9. The van der Waals surface area contributed by atoms with Gasteiger partial charge < -0.3 is 14.7 Å². The average Bonchev–Trinajstić information content (AvgIpc) is 2.99. The minimum atomic E-state index is -0.706. The summed E-state index contributed by atoms with van der Waals surface area (Å²) in [7, 11) is 5.64. The Hall–Kier alpha value is -1.37. The second-order valence-electron chi connectivity index (χ2n) is 5.42. The summed E-state index contributed by atoms with van der Waals surface area (Å²) < 4.78 is 7.19. The van der Waals surface area contributed by atoms with Crippen molar-refractivity contribution in [2.24, 2.45) is 0 Å². The van der Waals surface area contributed by atoms with Gasteiger partial charge in [0, 0.05) is 16.3 Å². The van der Waals surface area contributed by atoms with Crippen LogP contribution in [0.5, 0.6) is 5.75 Å². The fourth-order valence-electron chi connectivity index (χ4n) is 2.16. The summed E-state index contributed by atoms with van der Waals surface area (Å²) in [5.41, 5.74) is 1.92. The molecule has 0 spiro atoms. The Labute approximate surface area is 129 Å². The number of nitrogens with zero attached hydrogens (tertiary/aromatic N) is 3. The highest BCUT2D eigenvalue weighted by Crippen LogP contribution is 2.34. The van der Waals surface area contributed by atoms with Crippen LogP contribution in [-0.4, -0.2) is 47.5 Å². The van der Waals surface area contributed by atoms with Crippen LogP contribution < -0.4 is 4.74 Å². The summed E-state index contributed by atoms with van der Waals surface area (Å²) >= 11 is 1.62. The Morgan fingerprint density at radius 3 is 2.67 bits per heavy atom. The second kappa shape index (κ2) is 6.60. The van der Waals surface area contributed by atoms with Crippen LogP contribution in [0.15, 0.2) is 12.3 Å². The Balaban J connectivity index is 2.33. The van der Waals surface area contributed by atoms with Gasteiger partial charge in [-0.3, -0.25) is 4.68 Å². The monoisotopic (exact) mass is 309 g/mol. The molecule has 2 aromatic rings. The predicted molar refractivity (Wildman–Crippen MR) is 85.2 cm³/mol. The number of aryl methyl sites for hydroxylation is 2. The maximum Gasteiger partial charge on any atom is 0.163 e. The lowest BCUT2D eigenvalue weighted by atomic mass is 10.1. The molecule has 0 amide bonds. The summed E-state index contributed by atoms with van der Waals surface area (Å²) in [6, 6.07) is 2.04. The second-order valence-corrected chi connectivity index (χ2v) is 6.70. The molecule has 0 aromatic carbocycles. The molecule has 6 heteroatoms. The van der Waals surface area contributed by atoms with Crippen molar-refractivity contribution < 1.29 is 9.84 Å². The van der Waals surface area contributed by atoms with Gasteiger partial charge in [0.15, 0.2) is 5.75 Å². The summed E-state index contributed by atoms with van der Waals surface area (Å²) in [5, 5.41) is 15.1. The van der Waals surface area contributed by atoms with E-state index < -0.39 is 6.10 Å². The van der Waals surface area contributed by atoms with Gasteiger partial charge in [0.25, 0.3) is 0 Å². The number of hydrogen-bond donors (Lipinski definition) is 1. The lowest BCUT2D eigenvalue weighted by Gasteiger charge is -2.15. The van der Waals surface area contributed by atoms with Crippen LogP contribution in [-0.2, 0) is 6.54 Å². The molecule has 0 aliphatic rings. The summed E-state index contributed by atoms with van der Waals surface area (Å²) in [5.74, 6) is 0.630. The number of methoxy groups -OCH3 is 1. The number of thiophene rings is 1. The highest BCUT2D eigenvalue weighted by atomic mass is 32.1. The summed E-state index contributed by atoms with van der Waals surface area (Å²) in [6.45, 7) is 5.69. The van der Waals surface area contributed by atoms with Gasteiger partial charge in [0.1, 0.15) is 11.8 Å². The lowest BCUT2D eigenvalue weighted by molar-refractivity contribution is 0.203. The number of likely N-dealkylation sites (N-methyl/N-ethyl adjacent to an activating group) is 1. The van der Waals surface area contributed by atoms with E-state index in [9.17, 15) is 5.11 Å². The van der Waals surface area contributed by atoms with Gasteiger partial charge in [0.2, 0.25) is 0 Å². The number of aromatic nitrogens is 2. The largest absolute Gasteiger partial charge is 0.493 e. The van der Waals surface area contributed by atoms with Crippen LogP contribution in [0.25, 0.3) is 0 Å². The minimum absolute atomic E-state index is 0.630. The zero-order valence-electron chi connectivity index (χ0n) is 13.3. The third kappa shape index (κ3) is 3.45. The maximum absolute atomic E-state index is 10.7. The zero-order chi connectivity index (χ0) is 15.6. The van der Waals surface area contributed by atoms with Crippen molar-refractivity contribution in [3.8, 4) is 5.75 Å². The van der Waals surface area contributed by atoms with Crippen molar-refractivity contribution in [2.75, 3.05) is 27.7 Å². The molecule has 116 valence electrons. The summed E-state index contributed by atoms with van der Waals surface area (Å²) in [4.78, 5) is 4.24. The number of aliphatic hydroxyl groups excluding tert-OH is 1. The molecule has 2 rings (SSSR count). The number of ether oxygens (including phenoxy) is 1. The zero-order valence-corrected chi connectivity index (χ0v) is 14.1. The van der Waals surface area contributed by atoms with E-state index in [1.54, 1.807) is 24.6 Å².